The van der Waals surface area contributed by atoms with Crippen LogP contribution < -0.4 is 4.90 Å². The van der Waals surface area contributed by atoms with Gasteiger partial charge in [0.15, 0.2) is 28.5 Å². The third-order valence-electron chi connectivity index (χ3n) is 11.8. The molecule has 0 aromatic carbocycles. The van der Waals surface area contributed by atoms with Gasteiger partial charge in [-0.05, 0) is 85.2 Å². The number of aryl methyl sites for hydroxylation is 1. The first-order chi connectivity index (χ1) is 21.8. The molecule has 4 fully saturated rings. The highest BCUT2D eigenvalue weighted by molar-refractivity contribution is 5.92. The molecule has 12 nitrogen and oxygen atoms in total. The molecule has 45 heavy (non-hydrogen) atoms. The molecule has 0 radical (unpaired) electrons. The molecule has 1 saturated carbocycles. The number of aromatic nitrogens is 5. The van der Waals surface area contributed by atoms with Crippen molar-refractivity contribution in [1.82, 2.24) is 29.8 Å². The van der Waals surface area contributed by atoms with Crippen molar-refractivity contribution in [3.63, 3.8) is 0 Å². The van der Waals surface area contributed by atoms with Crippen LogP contribution in [0.1, 0.15) is 94.7 Å². The zero-order valence-electron chi connectivity index (χ0n) is 26.8. The van der Waals surface area contributed by atoms with Gasteiger partial charge in [-0.1, -0.05) is 5.16 Å². The van der Waals surface area contributed by atoms with Crippen molar-refractivity contribution >= 4 is 16.9 Å². The molecule has 242 valence electrons. The second-order valence-corrected chi connectivity index (χ2v) is 14.7. The molecule has 8 heterocycles. The van der Waals surface area contributed by atoms with Crippen LogP contribution in [0.2, 0.25) is 0 Å². The van der Waals surface area contributed by atoms with E-state index in [9.17, 15) is 5.11 Å². The van der Waals surface area contributed by atoms with Gasteiger partial charge in [0.05, 0.1) is 42.5 Å². The van der Waals surface area contributed by atoms with Crippen LogP contribution in [0, 0.1) is 0 Å². The van der Waals surface area contributed by atoms with Gasteiger partial charge in [0.2, 0.25) is 5.79 Å². The minimum atomic E-state index is -0.852. The van der Waals surface area contributed by atoms with Crippen LogP contribution in [-0.2, 0) is 32.7 Å². The Morgan fingerprint density at radius 3 is 2.62 bits per heavy atom. The molecule has 5 atom stereocenters. The molecule has 12 heteroatoms. The minimum Gasteiger partial charge on any atom is -0.388 e. The van der Waals surface area contributed by atoms with Crippen LogP contribution >= 0.6 is 0 Å². The molecule has 3 aromatic heterocycles. The van der Waals surface area contributed by atoms with E-state index in [1.165, 1.54) is 6.42 Å². The fourth-order valence-corrected chi connectivity index (χ4v) is 9.48. The number of likely N-dealkylation sites (N-methyl/N-ethyl adjacent to an activating group) is 1. The lowest BCUT2D eigenvalue weighted by Gasteiger charge is -2.49. The number of aliphatic hydroxyl groups is 1. The molecule has 6 aliphatic rings. The summed E-state index contributed by atoms with van der Waals surface area (Å²) < 4.78 is 27.7. The monoisotopic (exact) mass is 619 g/mol. The predicted octanol–water partition coefficient (Wildman–Crippen LogP) is 3.89. The summed E-state index contributed by atoms with van der Waals surface area (Å²) in [5.41, 5.74) is 1.93. The Bertz CT molecular complexity index is 1630. The maximum Gasteiger partial charge on any atom is 0.205 e. The van der Waals surface area contributed by atoms with Crippen molar-refractivity contribution < 1.29 is 23.8 Å². The van der Waals surface area contributed by atoms with Crippen LogP contribution in [0.15, 0.2) is 4.52 Å². The van der Waals surface area contributed by atoms with Gasteiger partial charge in [0, 0.05) is 37.0 Å². The standard InChI is InChI=1S/C33H45N7O5/c1-20(24-7-6-15-38(24)3)40-30-25-23(36-40)9-8-21-10-14-31(2,41)19-39(21)29(25)34-28(35-30)26-22-11-16-42-32(27(22)45-37-26)12-4-5-13-33(32)43-17-18-44-33/h20-21,24,41H,4-19H2,1-3H3/t20-,21-,24-,31+,32?/m0/s1. The molecule has 0 amide bonds. The number of ether oxygens (including phenoxy) is 3. The van der Waals surface area contributed by atoms with Gasteiger partial charge in [0.25, 0.3) is 0 Å². The van der Waals surface area contributed by atoms with E-state index in [1.54, 1.807) is 0 Å². The average molecular weight is 620 g/mol. The molecule has 5 aliphatic heterocycles. The molecular formula is C33H45N7O5. The Morgan fingerprint density at radius 2 is 1.80 bits per heavy atom. The summed E-state index contributed by atoms with van der Waals surface area (Å²) in [4.78, 5) is 15.4. The smallest absolute Gasteiger partial charge is 0.205 e. The van der Waals surface area contributed by atoms with Crippen LogP contribution in [0.25, 0.3) is 22.6 Å². The number of hydrogen-bond donors (Lipinski definition) is 1. The number of nitrogens with zero attached hydrogens (tertiary/aromatic N) is 7. The Labute approximate surface area is 263 Å². The fraction of sp³-hybridized carbons (Fsp3) is 0.758. The summed E-state index contributed by atoms with van der Waals surface area (Å²) in [7, 11) is 2.21. The Kier molecular flexibility index (Phi) is 6.46. The number of hydrogen-bond acceptors (Lipinski definition) is 11. The van der Waals surface area contributed by atoms with E-state index < -0.39 is 17.0 Å². The van der Waals surface area contributed by atoms with E-state index in [4.69, 9.17) is 39.0 Å². The van der Waals surface area contributed by atoms with E-state index in [0.29, 0.717) is 62.1 Å². The number of rotatable bonds is 3. The third-order valence-corrected chi connectivity index (χ3v) is 11.8. The maximum absolute atomic E-state index is 11.3. The molecule has 9 rings (SSSR count). The molecule has 1 N–H and O–H groups in total. The summed E-state index contributed by atoms with van der Waals surface area (Å²) in [6.45, 7) is 7.46. The molecule has 0 bridgehead atoms. The van der Waals surface area contributed by atoms with E-state index in [0.717, 1.165) is 92.4 Å². The predicted molar refractivity (Wildman–Crippen MR) is 165 cm³/mol. The van der Waals surface area contributed by atoms with Crippen molar-refractivity contribution in [1.29, 1.82) is 0 Å². The Morgan fingerprint density at radius 1 is 0.956 bits per heavy atom. The first-order valence-electron chi connectivity index (χ1n) is 17.2. The first-order valence-corrected chi connectivity index (χ1v) is 17.2. The highest BCUT2D eigenvalue weighted by atomic mass is 16.8. The van der Waals surface area contributed by atoms with Gasteiger partial charge in [0.1, 0.15) is 5.82 Å². The van der Waals surface area contributed by atoms with Crippen LogP contribution in [-0.4, -0.2) is 98.3 Å². The summed E-state index contributed by atoms with van der Waals surface area (Å²) in [6, 6.07) is 0.824. The SMILES string of the molecule is C[C@@H]([C@@H]1CCCN1C)n1nc2c3c(nc(-c4noc5c4CCOC54CCCCC45OCCO5)nc31)N1C[C@](C)(O)CC[C@@H]1CC2. The summed E-state index contributed by atoms with van der Waals surface area (Å²) in [5.74, 6) is 1.26. The van der Waals surface area contributed by atoms with Crippen molar-refractivity contribution in [3.05, 3.63) is 17.0 Å². The lowest BCUT2D eigenvalue weighted by molar-refractivity contribution is -0.317. The quantitative estimate of drug-likeness (QED) is 0.459. The molecule has 1 aliphatic carbocycles. The number of anilines is 1. The maximum atomic E-state index is 11.3. The second kappa shape index (κ2) is 10.2. The van der Waals surface area contributed by atoms with E-state index in [2.05, 4.69) is 28.5 Å². The Hall–Kier alpha value is -2.64. The van der Waals surface area contributed by atoms with E-state index >= 15 is 0 Å². The number of fused-ring (bicyclic) bond motifs is 5. The van der Waals surface area contributed by atoms with Gasteiger partial charge in [-0.2, -0.15) is 5.10 Å². The normalized spacial score (nSPS) is 33.6. The van der Waals surface area contributed by atoms with Crippen LogP contribution in [0.3, 0.4) is 0 Å². The topological polar surface area (TPSA) is 124 Å². The lowest BCUT2D eigenvalue weighted by atomic mass is 9.74. The Balaban J connectivity index is 1.23. The molecule has 3 saturated heterocycles. The molecular weight excluding hydrogens is 574 g/mol. The van der Waals surface area contributed by atoms with Crippen molar-refractivity contribution in [2.45, 2.75) is 120 Å². The summed E-state index contributed by atoms with van der Waals surface area (Å²) in [6.07, 6.45) is 10.1. The summed E-state index contributed by atoms with van der Waals surface area (Å²) in [5, 5.41) is 22.3. The third kappa shape index (κ3) is 4.14. The first kappa shape index (κ1) is 28.6. The zero-order valence-corrected chi connectivity index (χ0v) is 26.8. The van der Waals surface area contributed by atoms with Crippen LogP contribution in [0.5, 0.6) is 0 Å². The average Bonchev–Trinajstić information content (AvgIpc) is 3.83. The van der Waals surface area contributed by atoms with E-state index in [1.807, 2.05) is 6.92 Å². The largest absolute Gasteiger partial charge is 0.388 e. The minimum absolute atomic E-state index is 0.144. The summed E-state index contributed by atoms with van der Waals surface area (Å²) >= 11 is 0. The van der Waals surface area contributed by atoms with Crippen molar-refractivity contribution in [2.75, 3.05) is 44.9 Å². The van der Waals surface area contributed by atoms with Crippen molar-refractivity contribution in [2.24, 2.45) is 0 Å². The van der Waals surface area contributed by atoms with Gasteiger partial charge < -0.3 is 33.6 Å². The molecule has 1 unspecified atom stereocenters. The number of likely N-dealkylation sites (tertiary alicyclic amines) is 1. The van der Waals surface area contributed by atoms with E-state index in [-0.39, 0.29) is 6.04 Å². The number of piperidine rings is 1. The van der Waals surface area contributed by atoms with Gasteiger partial charge in [-0.25, -0.2) is 14.6 Å². The highest BCUT2D eigenvalue weighted by Crippen LogP contribution is 2.55. The lowest BCUT2D eigenvalue weighted by Crippen LogP contribution is -2.58. The van der Waals surface area contributed by atoms with Gasteiger partial charge in [-0.3, -0.25) is 0 Å². The highest BCUT2D eigenvalue weighted by Gasteiger charge is 2.63. The van der Waals surface area contributed by atoms with Crippen molar-refractivity contribution in [3.8, 4) is 11.5 Å². The fourth-order valence-electron chi connectivity index (χ4n) is 9.48. The van der Waals surface area contributed by atoms with Gasteiger partial charge in [-0.15, -0.1) is 0 Å². The molecule has 2 spiro atoms. The van der Waals surface area contributed by atoms with Crippen LogP contribution in [0.4, 0.5) is 5.82 Å². The van der Waals surface area contributed by atoms with Gasteiger partial charge >= 0.3 is 0 Å². The molecule has 3 aromatic rings. The second-order valence-electron chi connectivity index (χ2n) is 14.7. The zero-order chi connectivity index (χ0) is 30.6.